The van der Waals surface area contributed by atoms with Gasteiger partial charge in [-0.3, -0.25) is 14.5 Å². The van der Waals surface area contributed by atoms with Crippen LogP contribution in [0.3, 0.4) is 0 Å². The summed E-state index contributed by atoms with van der Waals surface area (Å²) in [5.41, 5.74) is 1.33. The molecule has 0 unspecified atom stereocenters. The van der Waals surface area contributed by atoms with Gasteiger partial charge in [0, 0.05) is 15.6 Å². The van der Waals surface area contributed by atoms with E-state index in [1.165, 1.54) is 0 Å². The van der Waals surface area contributed by atoms with Crippen LogP contribution >= 0.6 is 35.0 Å². The Bertz CT molecular complexity index is 862. The van der Waals surface area contributed by atoms with Crippen molar-refractivity contribution in [3.63, 3.8) is 0 Å². The van der Waals surface area contributed by atoms with Crippen molar-refractivity contribution in [1.82, 2.24) is 4.90 Å². The van der Waals surface area contributed by atoms with Crippen molar-refractivity contribution in [3.8, 4) is 5.75 Å². The summed E-state index contributed by atoms with van der Waals surface area (Å²) in [6.45, 7) is 0.0403. The smallest absolute Gasteiger partial charge is 0.293 e. The highest BCUT2D eigenvalue weighted by Crippen LogP contribution is 2.35. The summed E-state index contributed by atoms with van der Waals surface area (Å²) in [4.78, 5) is 26.3. The minimum atomic E-state index is -0.367. The van der Waals surface area contributed by atoms with E-state index in [1.807, 2.05) is 18.2 Å². The number of methoxy groups -OCH3 is 1. The highest BCUT2D eigenvalue weighted by Gasteiger charge is 2.35. The number of nitrogens with zero attached hydrogens (tertiary/aromatic N) is 1. The van der Waals surface area contributed by atoms with Crippen molar-refractivity contribution in [2.45, 2.75) is 6.54 Å². The molecule has 3 rings (SSSR count). The van der Waals surface area contributed by atoms with Gasteiger partial charge in [-0.1, -0.05) is 41.4 Å². The molecule has 1 fully saturated rings. The summed E-state index contributed by atoms with van der Waals surface area (Å²) in [6.07, 6.45) is 1.67. The van der Waals surface area contributed by atoms with E-state index < -0.39 is 0 Å². The third-order valence-corrected chi connectivity index (χ3v) is 5.26. The first kappa shape index (κ1) is 17.9. The fourth-order valence-corrected chi connectivity index (χ4v) is 3.72. The first-order chi connectivity index (χ1) is 12.0. The standard InChI is InChI=1S/C18H13Cl2NO3S/c1-24-12-5-2-4-11(8-12)9-16-17(22)21(18(23)25-16)10-13-14(19)6-3-7-15(13)20/h2-9H,10H2,1H3/b16-9-. The van der Waals surface area contributed by atoms with Gasteiger partial charge in [-0.2, -0.15) is 0 Å². The second-order valence-corrected chi connectivity index (χ2v) is 7.05. The Kier molecular flexibility index (Phi) is 5.37. The lowest BCUT2D eigenvalue weighted by atomic mass is 10.2. The van der Waals surface area contributed by atoms with Crippen molar-refractivity contribution in [1.29, 1.82) is 0 Å². The van der Waals surface area contributed by atoms with Gasteiger partial charge >= 0.3 is 0 Å². The Balaban J connectivity index is 1.86. The van der Waals surface area contributed by atoms with Crippen LogP contribution in [0.5, 0.6) is 5.75 Å². The van der Waals surface area contributed by atoms with Crippen molar-refractivity contribution in [3.05, 3.63) is 68.5 Å². The molecule has 0 bridgehead atoms. The molecule has 7 heteroatoms. The van der Waals surface area contributed by atoms with Crippen LogP contribution in [0.25, 0.3) is 6.08 Å². The number of carbonyl (C=O) groups excluding carboxylic acids is 2. The zero-order valence-corrected chi connectivity index (χ0v) is 15.5. The van der Waals surface area contributed by atoms with Crippen LogP contribution in [-0.2, 0) is 11.3 Å². The predicted octanol–water partition coefficient (Wildman–Crippen LogP) is 5.24. The average Bonchev–Trinajstić information content (AvgIpc) is 2.85. The largest absolute Gasteiger partial charge is 0.497 e. The van der Waals surface area contributed by atoms with E-state index in [2.05, 4.69) is 0 Å². The van der Waals surface area contributed by atoms with E-state index in [4.69, 9.17) is 27.9 Å². The van der Waals surface area contributed by atoms with Crippen LogP contribution in [0.15, 0.2) is 47.4 Å². The van der Waals surface area contributed by atoms with E-state index in [1.54, 1.807) is 37.5 Å². The Morgan fingerprint density at radius 2 is 1.80 bits per heavy atom. The van der Waals surface area contributed by atoms with Crippen molar-refractivity contribution in [2.75, 3.05) is 7.11 Å². The van der Waals surface area contributed by atoms with Gasteiger partial charge in [0.15, 0.2) is 0 Å². The molecule has 0 aliphatic carbocycles. The molecule has 0 radical (unpaired) electrons. The number of hydrogen-bond donors (Lipinski definition) is 0. The first-order valence-corrected chi connectivity index (χ1v) is 8.89. The molecule has 0 N–H and O–H groups in total. The van der Waals surface area contributed by atoms with Crippen molar-refractivity contribution >= 4 is 52.2 Å². The van der Waals surface area contributed by atoms with Gasteiger partial charge in [-0.05, 0) is 47.7 Å². The van der Waals surface area contributed by atoms with Gasteiger partial charge in [0.1, 0.15) is 5.75 Å². The number of amides is 2. The van der Waals surface area contributed by atoms with Gasteiger partial charge in [-0.25, -0.2) is 0 Å². The summed E-state index contributed by atoms with van der Waals surface area (Å²) in [5.74, 6) is 0.310. The molecule has 1 heterocycles. The third kappa shape index (κ3) is 3.84. The Labute approximate surface area is 159 Å². The minimum absolute atomic E-state index is 0.0403. The van der Waals surface area contributed by atoms with Gasteiger partial charge in [-0.15, -0.1) is 0 Å². The third-order valence-electron chi connectivity index (χ3n) is 3.64. The molecule has 4 nitrogen and oxygen atoms in total. The highest BCUT2D eigenvalue weighted by atomic mass is 35.5. The van der Waals surface area contributed by atoms with E-state index in [9.17, 15) is 9.59 Å². The normalized spacial score (nSPS) is 16.0. The molecule has 2 aromatic rings. The van der Waals surface area contributed by atoms with Crippen molar-refractivity contribution < 1.29 is 14.3 Å². The molecular weight excluding hydrogens is 381 g/mol. The molecule has 0 atom stereocenters. The summed E-state index contributed by atoms with van der Waals surface area (Å²) < 4.78 is 5.17. The number of benzene rings is 2. The summed E-state index contributed by atoms with van der Waals surface area (Å²) >= 11 is 13.2. The molecule has 25 heavy (non-hydrogen) atoms. The van der Waals surface area contributed by atoms with Gasteiger partial charge in [0.2, 0.25) is 0 Å². The molecule has 0 spiro atoms. The molecule has 1 aliphatic heterocycles. The Morgan fingerprint density at radius 3 is 2.48 bits per heavy atom. The fraction of sp³-hybridized carbons (Fsp3) is 0.111. The van der Waals surface area contributed by atoms with Crippen LogP contribution in [0.4, 0.5) is 4.79 Å². The number of rotatable bonds is 4. The monoisotopic (exact) mass is 393 g/mol. The molecular formula is C18H13Cl2NO3S. The SMILES string of the molecule is COc1cccc(/C=C2\SC(=O)N(Cc3c(Cl)cccc3Cl)C2=O)c1. The van der Waals surface area contributed by atoms with Gasteiger partial charge < -0.3 is 4.74 Å². The second-order valence-electron chi connectivity index (χ2n) is 5.24. The minimum Gasteiger partial charge on any atom is -0.497 e. The maximum atomic E-state index is 12.6. The quantitative estimate of drug-likeness (QED) is 0.666. The summed E-state index contributed by atoms with van der Waals surface area (Å²) in [5, 5.41) is 0.488. The van der Waals surface area contributed by atoms with E-state index in [-0.39, 0.29) is 17.7 Å². The van der Waals surface area contributed by atoms with Crippen LogP contribution in [0, 0.1) is 0 Å². The van der Waals surface area contributed by atoms with E-state index in [0.717, 1.165) is 22.2 Å². The Morgan fingerprint density at radius 1 is 1.12 bits per heavy atom. The lowest BCUT2D eigenvalue weighted by molar-refractivity contribution is -0.123. The van der Waals surface area contributed by atoms with Crippen LogP contribution < -0.4 is 4.74 Å². The summed E-state index contributed by atoms with van der Waals surface area (Å²) in [6, 6.07) is 12.3. The molecule has 2 amide bonds. The molecule has 2 aromatic carbocycles. The Hall–Kier alpha value is -1.95. The number of halogens is 2. The topological polar surface area (TPSA) is 46.6 Å². The molecule has 1 aliphatic rings. The molecule has 0 saturated carbocycles. The van der Waals surface area contributed by atoms with Crippen LogP contribution in [0.2, 0.25) is 10.0 Å². The first-order valence-electron chi connectivity index (χ1n) is 7.32. The van der Waals surface area contributed by atoms with Crippen LogP contribution in [0.1, 0.15) is 11.1 Å². The van der Waals surface area contributed by atoms with Gasteiger partial charge in [0.05, 0.1) is 18.6 Å². The van der Waals surface area contributed by atoms with Crippen LogP contribution in [-0.4, -0.2) is 23.2 Å². The second kappa shape index (κ2) is 7.52. The zero-order chi connectivity index (χ0) is 18.0. The number of imide groups is 1. The van der Waals surface area contributed by atoms with E-state index in [0.29, 0.717) is 26.3 Å². The number of carbonyl (C=O) groups is 2. The maximum Gasteiger partial charge on any atom is 0.293 e. The molecule has 0 aromatic heterocycles. The lowest BCUT2D eigenvalue weighted by Gasteiger charge is -2.14. The number of thioether (sulfide) groups is 1. The number of ether oxygens (including phenoxy) is 1. The fourth-order valence-electron chi connectivity index (χ4n) is 2.36. The zero-order valence-electron chi connectivity index (χ0n) is 13.2. The molecule has 1 saturated heterocycles. The molecule has 128 valence electrons. The average molecular weight is 394 g/mol. The lowest BCUT2D eigenvalue weighted by Crippen LogP contribution is -2.27. The maximum absolute atomic E-state index is 12.6. The number of hydrogen-bond acceptors (Lipinski definition) is 4. The predicted molar refractivity (Wildman–Crippen MR) is 101 cm³/mol. The van der Waals surface area contributed by atoms with Crippen molar-refractivity contribution in [2.24, 2.45) is 0 Å². The van der Waals surface area contributed by atoms with E-state index >= 15 is 0 Å². The summed E-state index contributed by atoms with van der Waals surface area (Å²) in [7, 11) is 1.57. The van der Waals surface area contributed by atoms with Gasteiger partial charge in [0.25, 0.3) is 11.1 Å². The highest BCUT2D eigenvalue weighted by molar-refractivity contribution is 8.18.